The van der Waals surface area contributed by atoms with E-state index in [1.807, 2.05) is 0 Å². The van der Waals surface area contributed by atoms with Crippen molar-refractivity contribution in [2.24, 2.45) is 0 Å². The van der Waals surface area contributed by atoms with Gasteiger partial charge in [0.15, 0.2) is 6.61 Å². The van der Waals surface area contributed by atoms with Gasteiger partial charge >= 0.3 is 12.6 Å². The molecule has 0 bridgehead atoms. The number of amides is 1. The standard InChI is InChI=1S/C18H17F2N3O6/c19-18(20)29-13-4-1-11(2-5-13)7-8-22-16(24)10-28-17(25)12-3-6-14(21)15(9-12)23(26)27/h1-6,9,18H,7-8,10,21H2,(H,22,24). The Labute approximate surface area is 163 Å². The molecule has 0 saturated carbocycles. The normalized spacial score (nSPS) is 10.4. The van der Waals surface area contributed by atoms with Crippen molar-refractivity contribution in [3.05, 3.63) is 63.7 Å². The number of hydrogen-bond acceptors (Lipinski definition) is 7. The Morgan fingerprint density at radius 1 is 1.17 bits per heavy atom. The fraction of sp³-hybridized carbons (Fsp3) is 0.222. The number of hydrogen-bond donors (Lipinski definition) is 2. The molecule has 0 unspecified atom stereocenters. The molecule has 0 heterocycles. The molecule has 1 amide bonds. The average Bonchev–Trinajstić information content (AvgIpc) is 2.67. The summed E-state index contributed by atoms with van der Waals surface area (Å²) in [6.07, 6.45) is 0.415. The van der Waals surface area contributed by atoms with Crippen molar-refractivity contribution < 1.29 is 32.8 Å². The molecule has 0 aliphatic carbocycles. The van der Waals surface area contributed by atoms with Gasteiger partial charge < -0.3 is 20.5 Å². The molecule has 0 aliphatic rings. The highest BCUT2D eigenvalue weighted by atomic mass is 19.3. The first-order valence-electron chi connectivity index (χ1n) is 8.27. The number of esters is 1. The Hall–Kier alpha value is -3.76. The van der Waals surface area contributed by atoms with E-state index in [1.165, 1.54) is 24.3 Å². The van der Waals surface area contributed by atoms with Gasteiger partial charge in [-0.25, -0.2) is 4.79 Å². The van der Waals surface area contributed by atoms with Gasteiger partial charge in [-0.05, 0) is 36.2 Å². The molecule has 0 aliphatic heterocycles. The highest BCUT2D eigenvalue weighted by molar-refractivity contribution is 5.92. The number of anilines is 1. The summed E-state index contributed by atoms with van der Waals surface area (Å²) < 4.78 is 33.2. The summed E-state index contributed by atoms with van der Waals surface area (Å²) in [5.41, 5.74) is 5.58. The van der Waals surface area contributed by atoms with Crippen molar-refractivity contribution in [2.75, 3.05) is 18.9 Å². The van der Waals surface area contributed by atoms with Crippen LogP contribution in [0.3, 0.4) is 0 Å². The average molecular weight is 409 g/mol. The summed E-state index contributed by atoms with van der Waals surface area (Å²) in [4.78, 5) is 33.8. The lowest BCUT2D eigenvalue weighted by Gasteiger charge is -2.08. The van der Waals surface area contributed by atoms with E-state index < -0.39 is 35.7 Å². The number of benzene rings is 2. The van der Waals surface area contributed by atoms with E-state index in [4.69, 9.17) is 10.5 Å². The number of nitrogen functional groups attached to an aromatic ring is 1. The van der Waals surface area contributed by atoms with Crippen LogP contribution in [0.25, 0.3) is 0 Å². The van der Waals surface area contributed by atoms with Gasteiger partial charge in [0.1, 0.15) is 11.4 Å². The van der Waals surface area contributed by atoms with Gasteiger partial charge in [0, 0.05) is 12.6 Å². The summed E-state index contributed by atoms with van der Waals surface area (Å²) in [5, 5.41) is 13.4. The van der Waals surface area contributed by atoms with Crippen molar-refractivity contribution in [2.45, 2.75) is 13.0 Å². The molecular formula is C18H17F2N3O6. The first kappa shape index (κ1) is 21.5. The van der Waals surface area contributed by atoms with Gasteiger partial charge in [0.2, 0.25) is 0 Å². The van der Waals surface area contributed by atoms with Crippen molar-refractivity contribution in [3.8, 4) is 5.75 Å². The van der Waals surface area contributed by atoms with Crippen LogP contribution in [0, 0.1) is 10.1 Å². The zero-order valence-corrected chi connectivity index (χ0v) is 15.0. The third-order valence-electron chi connectivity index (χ3n) is 3.68. The second kappa shape index (κ2) is 9.97. The molecule has 154 valence electrons. The molecule has 0 radical (unpaired) electrons. The van der Waals surface area contributed by atoms with Crippen LogP contribution in [0.15, 0.2) is 42.5 Å². The molecule has 0 saturated heterocycles. The molecule has 2 aromatic rings. The van der Waals surface area contributed by atoms with Crippen molar-refractivity contribution >= 4 is 23.3 Å². The second-order valence-corrected chi connectivity index (χ2v) is 5.73. The molecule has 2 aromatic carbocycles. The van der Waals surface area contributed by atoms with Crippen LogP contribution >= 0.6 is 0 Å². The minimum absolute atomic E-state index is 0.0302. The van der Waals surface area contributed by atoms with Crippen molar-refractivity contribution in [1.29, 1.82) is 0 Å². The molecule has 0 spiro atoms. The van der Waals surface area contributed by atoms with E-state index in [0.717, 1.165) is 11.6 Å². The quantitative estimate of drug-likeness (QED) is 0.281. The molecule has 0 atom stereocenters. The molecular weight excluding hydrogens is 392 g/mol. The Morgan fingerprint density at radius 3 is 2.48 bits per heavy atom. The molecule has 29 heavy (non-hydrogen) atoms. The van der Waals surface area contributed by atoms with E-state index in [2.05, 4.69) is 10.1 Å². The lowest BCUT2D eigenvalue weighted by molar-refractivity contribution is -0.383. The van der Waals surface area contributed by atoms with Gasteiger partial charge in [0.05, 0.1) is 10.5 Å². The SMILES string of the molecule is Nc1ccc(C(=O)OCC(=O)NCCc2ccc(OC(F)F)cc2)cc1[N+](=O)[O-]. The predicted molar refractivity (Wildman–Crippen MR) is 97.6 cm³/mol. The molecule has 11 heteroatoms. The van der Waals surface area contributed by atoms with Crippen LogP contribution in [-0.2, 0) is 16.0 Å². The lowest BCUT2D eigenvalue weighted by Crippen LogP contribution is -2.30. The number of rotatable bonds is 9. The van der Waals surface area contributed by atoms with Crippen LogP contribution in [0.1, 0.15) is 15.9 Å². The lowest BCUT2D eigenvalue weighted by atomic mass is 10.1. The monoisotopic (exact) mass is 409 g/mol. The molecule has 0 aromatic heterocycles. The third-order valence-corrected chi connectivity index (χ3v) is 3.68. The van der Waals surface area contributed by atoms with Gasteiger partial charge in [0.25, 0.3) is 11.6 Å². The number of nitro benzene ring substituents is 1. The predicted octanol–water partition coefficient (Wildman–Crippen LogP) is 2.29. The van der Waals surface area contributed by atoms with E-state index >= 15 is 0 Å². The molecule has 9 nitrogen and oxygen atoms in total. The largest absolute Gasteiger partial charge is 0.452 e. The van der Waals surface area contributed by atoms with Crippen molar-refractivity contribution in [3.63, 3.8) is 0 Å². The number of alkyl halides is 2. The maximum absolute atomic E-state index is 12.1. The number of nitrogens with one attached hydrogen (secondary N) is 1. The van der Waals surface area contributed by atoms with Crippen LogP contribution in [0.2, 0.25) is 0 Å². The first-order valence-corrected chi connectivity index (χ1v) is 8.27. The van der Waals surface area contributed by atoms with Crippen LogP contribution in [0.5, 0.6) is 5.75 Å². The Kier molecular flexibility index (Phi) is 7.40. The van der Waals surface area contributed by atoms with E-state index in [0.29, 0.717) is 6.42 Å². The number of halogens is 2. The van der Waals surface area contributed by atoms with Gasteiger partial charge in [-0.15, -0.1) is 0 Å². The van der Waals surface area contributed by atoms with Gasteiger partial charge in [-0.1, -0.05) is 12.1 Å². The highest BCUT2D eigenvalue weighted by Crippen LogP contribution is 2.22. The number of nitro groups is 1. The van der Waals surface area contributed by atoms with Crippen LogP contribution in [-0.4, -0.2) is 36.6 Å². The highest BCUT2D eigenvalue weighted by Gasteiger charge is 2.17. The minimum atomic E-state index is -2.90. The van der Waals surface area contributed by atoms with Crippen LogP contribution in [0.4, 0.5) is 20.2 Å². The van der Waals surface area contributed by atoms with Gasteiger partial charge in [-0.3, -0.25) is 14.9 Å². The zero-order chi connectivity index (χ0) is 21.4. The van der Waals surface area contributed by atoms with E-state index in [-0.39, 0.29) is 23.5 Å². The Morgan fingerprint density at radius 2 is 1.86 bits per heavy atom. The number of ether oxygens (including phenoxy) is 2. The number of carbonyl (C=O) groups is 2. The third kappa shape index (κ3) is 6.72. The first-order chi connectivity index (χ1) is 13.8. The Balaban J connectivity index is 1.76. The summed E-state index contributed by atoms with van der Waals surface area (Å²) >= 11 is 0. The number of nitrogens with zero attached hydrogens (tertiary/aromatic N) is 1. The second-order valence-electron chi connectivity index (χ2n) is 5.73. The van der Waals surface area contributed by atoms with Crippen molar-refractivity contribution in [1.82, 2.24) is 5.32 Å². The Bertz CT molecular complexity index is 890. The summed E-state index contributed by atoms with van der Waals surface area (Å²) in [7, 11) is 0. The minimum Gasteiger partial charge on any atom is -0.452 e. The molecule has 3 N–H and O–H groups in total. The number of carbonyl (C=O) groups excluding carboxylic acids is 2. The smallest absolute Gasteiger partial charge is 0.387 e. The molecule has 0 fully saturated rings. The topological polar surface area (TPSA) is 134 Å². The maximum Gasteiger partial charge on any atom is 0.387 e. The zero-order valence-electron chi connectivity index (χ0n) is 15.0. The fourth-order valence-electron chi connectivity index (χ4n) is 2.28. The summed E-state index contributed by atoms with van der Waals surface area (Å²) in [6.45, 7) is -3.25. The van der Waals surface area contributed by atoms with Gasteiger partial charge in [-0.2, -0.15) is 8.78 Å². The summed E-state index contributed by atoms with van der Waals surface area (Å²) in [5.74, 6) is -1.44. The summed E-state index contributed by atoms with van der Waals surface area (Å²) in [6, 6.07) is 9.36. The van der Waals surface area contributed by atoms with E-state index in [9.17, 15) is 28.5 Å². The van der Waals surface area contributed by atoms with Crippen LogP contribution < -0.4 is 15.8 Å². The number of nitrogens with two attached hydrogens (primary N) is 1. The molecule has 2 rings (SSSR count). The maximum atomic E-state index is 12.1. The fourth-order valence-corrected chi connectivity index (χ4v) is 2.28. The van der Waals surface area contributed by atoms with E-state index in [1.54, 1.807) is 12.1 Å².